The van der Waals surface area contributed by atoms with E-state index < -0.39 is 10.7 Å². The molecule has 0 fully saturated rings. The lowest BCUT2D eigenvalue weighted by molar-refractivity contribution is -0.385. The maximum absolute atomic E-state index is 13.5. The highest BCUT2D eigenvalue weighted by Crippen LogP contribution is 2.32. The highest BCUT2D eigenvalue weighted by atomic mass is 35.5. The zero-order chi connectivity index (χ0) is 14.0. The first-order valence-electron chi connectivity index (χ1n) is 5.21. The number of halogens is 2. The summed E-state index contributed by atoms with van der Waals surface area (Å²) in [5, 5.41) is 11.0. The van der Waals surface area contributed by atoms with Gasteiger partial charge in [-0.05, 0) is 24.6 Å². The number of aryl methyl sites for hydroxylation is 1. The van der Waals surface area contributed by atoms with Crippen molar-refractivity contribution in [1.82, 2.24) is 4.98 Å². The molecule has 0 spiro atoms. The fraction of sp³-hybridized carbons (Fsp3) is 0.0833. The molecule has 0 radical (unpaired) electrons. The number of benzene rings is 1. The normalized spacial score (nSPS) is 10.3. The molecule has 1 aromatic heterocycles. The van der Waals surface area contributed by atoms with Gasteiger partial charge in [0, 0.05) is 12.3 Å². The summed E-state index contributed by atoms with van der Waals surface area (Å²) in [6.45, 7) is 1.71. The fourth-order valence-electron chi connectivity index (χ4n) is 1.44. The second-order valence-corrected chi connectivity index (χ2v) is 4.21. The van der Waals surface area contributed by atoms with E-state index in [-0.39, 0.29) is 22.3 Å². The maximum Gasteiger partial charge on any atom is 0.311 e. The lowest BCUT2D eigenvalue weighted by Crippen LogP contribution is -1.97. The van der Waals surface area contributed by atoms with Crippen molar-refractivity contribution in [2.24, 2.45) is 0 Å². The minimum atomic E-state index is -0.789. The van der Waals surface area contributed by atoms with Crippen LogP contribution < -0.4 is 4.74 Å². The minimum absolute atomic E-state index is 0.0793. The summed E-state index contributed by atoms with van der Waals surface area (Å²) in [5.74, 6) is -1.23. The van der Waals surface area contributed by atoms with Gasteiger partial charge in [0.15, 0.2) is 5.82 Å². The summed E-state index contributed by atoms with van der Waals surface area (Å²) in [5.41, 5.74) is 0.444. The van der Waals surface area contributed by atoms with Crippen LogP contribution in [0.1, 0.15) is 5.56 Å². The Morgan fingerprint density at radius 3 is 2.79 bits per heavy atom. The van der Waals surface area contributed by atoms with Gasteiger partial charge in [-0.1, -0.05) is 17.7 Å². The molecule has 0 saturated heterocycles. The topological polar surface area (TPSA) is 65.3 Å². The number of pyridine rings is 1. The van der Waals surface area contributed by atoms with Gasteiger partial charge in [0.25, 0.3) is 5.88 Å². The number of hydrogen-bond acceptors (Lipinski definition) is 4. The average molecular weight is 283 g/mol. The predicted octanol–water partition coefficient (Wildman–Crippen LogP) is 3.88. The Balaban J connectivity index is 2.40. The van der Waals surface area contributed by atoms with E-state index >= 15 is 0 Å². The van der Waals surface area contributed by atoms with Crippen molar-refractivity contribution in [3.63, 3.8) is 0 Å². The largest absolute Gasteiger partial charge is 0.429 e. The summed E-state index contributed by atoms with van der Waals surface area (Å²) >= 11 is 5.56. The highest BCUT2D eigenvalue weighted by Gasteiger charge is 2.18. The molecule has 1 aromatic carbocycles. The SMILES string of the molecule is Cc1ccc(Oc2ncc(Cl)cc2F)c([N+](=O)[O-])c1. The average Bonchev–Trinajstić information content (AvgIpc) is 2.34. The minimum Gasteiger partial charge on any atom is -0.429 e. The van der Waals surface area contributed by atoms with E-state index in [1.807, 2.05) is 0 Å². The smallest absolute Gasteiger partial charge is 0.311 e. The number of aromatic nitrogens is 1. The van der Waals surface area contributed by atoms with Crippen LogP contribution in [0.25, 0.3) is 0 Å². The number of nitro benzene ring substituents is 1. The van der Waals surface area contributed by atoms with Crippen molar-refractivity contribution in [1.29, 1.82) is 0 Å². The van der Waals surface area contributed by atoms with Gasteiger partial charge in [0.05, 0.1) is 9.95 Å². The third kappa shape index (κ3) is 2.97. The second-order valence-electron chi connectivity index (χ2n) is 3.77. The lowest BCUT2D eigenvalue weighted by Gasteiger charge is -2.06. The van der Waals surface area contributed by atoms with Gasteiger partial charge in [-0.25, -0.2) is 9.37 Å². The van der Waals surface area contributed by atoms with Gasteiger partial charge in [-0.3, -0.25) is 10.1 Å². The van der Waals surface area contributed by atoms with Crippen LogP contribution in [0.3, 0.4) is 0 Å². The van der Waals surface area contributed by atoms with E-state index in [2.05, 4.69) is 4.98 Å². The van der Waals surface area contributed by atoms with Crippen LogP contribution in [0.2, 0.25) is 5.02 Å². The molecule has 0 aliphatic heterocycles. The zero-order valence-electron chi connectivity index (χ0n) is 9.76. The van der Waals surface area contributed by atoms with E-state index in [1.54, 1.807) is 13.0 Å². The van der Waals surface area contributed by atoms with Gasteiger partial charge < -0.3 is 4.74 Å². The summed E-state index contributed by atoms with van der Waals surface area (Å²) in [4.78, 5) is 13.9. The van der Waals surface area contributed by atoms with E-state index in [1.165, 1.54) is 18.3 Å². The quantitative estimate of drug-likeness (QED) is 0.633. The van der Waals surface area contributed by atoms with Crippen LogP contribution in [-0.2, 0) is 0 Å². The molecule has 0 atom stereocenters. The molecule has 0 saturated carbocycles. The summed E-state index contributed by atoms with van der Waals surface area (Å²) in [6, 6.07) is 5.37. The molecule has 0 aliphatic rings. The molecule has 0 bridgehead atoms. The molecule has 0 amide bonds. The molecule has 19 heavy (non-hydrogen) atoms. The molecule has 0 N–H and O–H groups in total. The van der Waals surface area contributed by atoms with Crippen LogP contribution in [0.15, 0.2) is 30.5 Å². The number of ether oxygens (including phenoxy) is 1. The van der Waals surface area contributed by atoms with Crippen molar-refractivity contribution in [2.75, 3.05) is 0 Å². The third-order valence-electron chi connectivity index (χ3n) is 2.29. The van der Waals surface area contributed by atoms with E-state index in [4.69, 9.17) is 16.3 Å². The first-order chi connectivity index (χ1) is 8.97. The first kappa shape index (κ1) is 13.2. The molecule has 7 heteroatoms. The Morgan fingerprint density at radius 1 is 1.42 bits per heavy atom. The van der Waals surface area contributed by atoms with Crippen LogP contribution in [-0.4, -0.2) is 9.91 Å². The Kier molecular flexibility index (Phi) is 3.62. The molecule has 98 valence electrons. The summed E-state index contributed by atoms with van der Waals surface area (Å²) in [6.07, 6.45) is 1.19. The predicted molar refractivity (Wildman–Crippen MR) is 67.1 cm³/mol. The van der Waals surface area contributed by atoms with Gasteiger partial charge in [-0.15, -0.1) is 0 Å². The molecular formula is C12H8ClFN2O3. The van der Waals surface area contributed by atoms with Gasteiger partial charge in [-0.2, -0.15) is 0 Å². The summed E-state index contributed by atoms with van der Waals surface area (Å²) in [7, 11) is 0. The van der Waals surface area contributed by atoms with E-state index in [0.29, 0.717) is 5.56 Å². The Morgan fingerprint density at radius 2 is 2.16 bits per heavy atom. The van der Waals surface area contributed by atoms with Crippen LogP contribution in [0.4, 0.5) is 10.1 Å². The Labute approximate surface area is 112 Å². The van der Waals surface area contributed by atoms with Crippen LogP contribution >= 0.6 is 11.6 Å². The Hall–Kier alpha value is -2.21. The highest BCUT2D eigenvalue weighted by molar-refractivity contribution is 6.30. The van der Waals surface area contributed by atoms with Crippen molar-refractivity contribution in [3.05, 3.63) is 57.0 Å². The van der Waals surface area contributed by atoms with E-state index in [0.717, 1.165) is 6.07 Å². The molecule has 1 heterocycles. The van der Waals surface area contributed by atoms with E-state index in [9.17, 15) is 14.5 Å². The van der Waals surface area contributed by atoms with Crippen molar-refractivity contribution >= 4 is 17.3 Å². The number of hydrogen-bond donors (Lipinski definition) is 0. The molecule has 2 rings (SSSR count). The third-order valence-corrected chi connectivity index (χ3v) is 2.50. The number of nitrogens with zero attached hydrogens (tertiary/aromatic N) is 2. The second kappa shape index (κ2) is 5.19. The van der Waals surface area contributed by atoms with Crippen LogP contribution in [0, 0.1) is 22.9 Å². The molecule has 0 unspecified atom stereocenters. The first-order valence-corrected chi connectivity index (χ1v) is 5.59. The van der Waals surface area contributed by atoms with Crippen molar-refractivity contribution < 1.29 is 14.1 Å². The molecule has 5 nitrogen and oxygen atoms in total. The maximum atomic E-state index is 13.5. The Bertz CT molecular complexity index is 649. The number of rotatable bonds is 3. The monoisotopic (exact) mass is 282 g/mol. The van der Waals surface area contributed by atoms with Gasteiger partial charge in [0.2, 0.25) is 5.75 Å². The van der Waals surface area contributed by atoms with Gasteiger partial charge in [0.1, 0.15) is 0 Å². The van der Waals surface area contributed by atoms with Crippen molar-refractivity contribution in [2.45, 2.75) is 6.92 Å². The molecule has 0 aliphatic carbocycles. The standard InChI is InChI=1S/C12H8ClFN2O3/c1-7-2-3-11(10(4-7)16(17)18)19-12-9(14)5-8(13)6-15-12/h2-6H,1H3. The van der Waals surface area contributed by atoms with Crippen molar-refractivity contribution in [3.8, 4) is 11.6 Å². The number of nitro groups is 1. The molecular weight excluding hydrogens is 275 g/mol. The lowest BCUT2D eigenvalue weighted by atomic mass is 10.2. The fourth-order valence-corrected chi connectivity index (χ4v) is 1.58. The van der Waals surface area contributed by atoms with Crippen LogP contribution in [0.5, 0.6) is 11.6 Å². The zero-order valence-corrected chi connectivity index (χ0v) is 10.5. The summed E-state index contributed by atoms with van der Waals surface area (Å²) < 4.78 is 18.6. The molecule has 2 aromatic rings. The van der Waals surface area contributed by atoms with Gasteiger partial charge >= 0.3 is 5.69 Å².